The maximum Gasteiger partial charge on any atom is 0.283 e. The Labute approximate surface area is 110 Å². The fourth-order valence-corrected chi connectivity index (χ4v) is 2.26. The van der Waals surface area contributed by atoms with Crippen molar-refractivity contribution in [3.63, 3.8) is 0 Å². The zero-order valence-corrected chi connectivity index (χ0v) is 10.8. The van der Waals surface area contributed by atoms with E-state index in [1.807, 2.05) is 0 Å². The summed E-state index contributed by atoms with van der Waals surface area (Å²) >= 11 is 0. The lowest BCUT2D eigenvalue weighted by atomic mass is 9.84. The van der Waals surface area contributed by atoms with Gasteiger partial charge in [-0.1, -0.05) is 18.2 Å². The van der Waals surface area contributed by atoms with Gasteiger partial charge in [0.1, 0.15) is 11.4 Å². The van der Waals surface area contributed by atoms with Crippen molar-refractivity contribution in [1.82, 2.24) is 0 Å². The lowest BCUT2D eigenvalue weighted by Gasteiger charge is -2.38. The fourth-order valence-electron chi connectivity index (χ4n) is 2.26. The molecule has 0 saturated heterocycles. The van der Waals surface area contributed by atoms with Gasteiger partial charge in [0, 0.05) is 12.7 Å². The van der Waals surface area contributed by atoms with Crippen LogP contribution in [0.1, 0.15) is 12.5 Å². The Hall–Kier alpha value is -1.69. The van der Waals surface area contributed by atoms with Crippen molar-refractivity contribution in [1.29, 1.82) is 0 Å². The van der Waals surface area contributed by atoms with Crippen molar-refractivity contribution in [2.75, 3.05) is 13.7 Å². The van der Waals surface area contributed by atoms with Gasteiger partial charge in [-0.2, -0.15) is 0 Å². The first-order valence-corrected chi connectivity index (χ1v) is 5.89. The SMILES string of the molecule is COC[C@H]1OC(N)=N[C@](C)(c2ccccc2F)[C@H]1F. The van der Waals surface area contributed by atoms with Crippen molar-refractivity contribution in [2.24, 2.45) is 10.7 Å². The molecule has 0 saturated carbocycles. The average Bonchev–Trinajstić information content (AvgIpc) is 2.36. The third-order valence-electron chi connectivity index (χ3n) is 3.23. The molecule has 3 atom stereocenters. The molecule has 0 bridgehead atoms. The first-order chi connectivity index (χ1) is 8.99. The zero-order valence-electron chi connectivity index (χ0n) is 10.8. The summed E-state index contributed by atoms with van der Waals surface area (Å²) in [7, 11) is 1.43. The lowest BCUT2D eigenvalue weighted by Crippen LogP contribution is -2.51. The molecule has 0 aromatic heterocycles. The van der Waals surface area contributed by atoms with Crippen LogP contribution in [0.4, 0.5) is 8.78 Å². The summed E-state index contributed by atoms with van der Waals surface area (Å²) in [5, 5.41) is 0. The second-order valence-corrected chi connectivity index (χ2v) is 4.59. The minimum Gasteiger partial charge on any atom is -0.456 e. The number of amidine groups is 1. The van der Waals surface area contributed by atoms with Crippen LogP contribution in [0.3, 0.4) is 0 Å². The first-order valence-electron chi connectivity index (χ1n) is 5.89. The second kappa shape index (κ2) is 5.13. The molecule has 1 aromatic carbocycles. The van der Waals surface area contributed by atoms with E-state index < -0.39 is 23.6 Å². The Morgan fingerprint density at radius 3 is 2.79 bits per heavy atom. The third-order valence-corrected chi connectivity index (χ3v) is 3.23. The highest BCUT2D eigenvalue weighted by molar-refractivity contribution is 5.73. The van der Waals surface area contributed by atoms with E-state index in [0.717, 1.165) is 0 Å². The largest absolute Gasteiger partial charge is 0.456 e. The fraction of sp³-hybridized carbons (Fsp3) is 0.462. The summed E-state index contributed by atoms with van der Waals surface area (Å²) in [6.45, 7) is 1.51. The van der Waals surface area contributed by atoms with Crippen LogP contribution in [0, 0.1) is 5.82 Å². The van der Waals surface area contributed by atoms with E-state index in [2.05, 4.69) is 4.99 Å². The molecule has 0 unspecified atom stereocenters. The number of methoxy groups -OCH3 is 1. The predicted molar refractivity (Wildman–Crippen MR) is 67.0 cm³/mol. The van der Waals surface area contributed by atoms with Crippen LogP contribution in [0.5, 0.6) is 0 Å². The van der Waals surface area contributed by atoms with E-state index in [4.69, 9.17) is 15.2 Å². The van der Waals surface area contributed by atoms with E-state index >= 15 is 0 Å². The number of nitrogens with two attached hydrogens (primary N) is 1. The van der Waals surface area contributed by atoms with E-state index in [0.29, 0.717) is 0 Å². The summed E-state index contributed by atoms with van der Waals surface area (Å²) in [6.07, 6.45) is -2.47. The summed E-state index contributed by atoms with van der Waals surface area (Å²) in [4.78, 5) is 3.96. The van der Waals surface area contributed by atoms with Gasteiger partial charge in [-0.15, -0.1) is 0 Å². The summed E-state index contributed by atoms with van der Waals surface area (Å²) in [5.74, 6) is -0.526. The monoisotopic (exact) mass is 270 g/mol. The van der Waals surface area contributed by atoms with Gasteiger partial charge in [0.2, 0.25) is 0 Å². The highest BCUT2D eigenvalue weighted by Gasteiger charge is 2.47. The Bertz CT molecular complexity index is 495. The van der Waals surface area contributed by atoms with Crippen LogP contribution in [-0.4, -0.2) is 32.0 Å². The lowest BCUT2D eigenvalue weighted by molar-refractivity contribution is -0.0257. The molecular formula is C13H16F2N2O2. The number of benzene rings is 1. The van der Waals surface area contributed by atoms with Gasteiger partial charge in [0.25, 0.3) is 6.02 Å². The maximum atomic E-state index is 14.6. The van der Waals surface area contributed by atoms with E-state index in [9.17, 15) is 8.78 Å². The molecule has 104 valence electrons. The van der Waals surface area contributed by atoms with Crippen LogP contribution in [0.15, 0.2) is 29.3 Å². The first kappa shape index (κ1) is 13.7. The Balaban J connectivity index is 2.46. The molecule has 0 aliphatic carbocycles. The zero-order chi connectivity index (χ0) is 14.0. The van der Waals surface area contributed by atoms with Crippen LogP contribution >= 0.6 is 0 Å². The smallest absolute Gasteiger partial charge is 0.283 e. The normalized spacial score (nSPS) is 30.6. The Kier molecular flexibility index (Phi) is 3.71. The number of hydrogen-bond acceptors (Lipinski definition) is 4. The number of alkyl halides is 1. The minimum atomic E-state index is -1.56. The number of hydrogen-bond donors (Lipinski definition) is 1. The van der Waals surface area contributed by atoms with Crippen molar-refractivity contribution in [3.05, 3.63) is 35.6 Å². The number of halogens is 2. The Morgan fingerprint density at radius 2 is 2.16 bits per heavy atom. The molecular weight excluding hydrogens is 254 g/mol. The van der Waals surface area contributed by atoms with Gasteiger partial charge in [0.05, 0.1) is 6.61 Å². The highest BCUT2D eigenvalue weighted by Crippen LogP contribution is 2.38. The standard InChI is InChI=1S/C13H16F2N2O2/c1-13(8-5-3-4-6-9(8)14)11(15)10(7-18-2)19-12(16)17-13/h3-6,10-11H,7H2,1-2H3,(H2,16,17)/t10-,11+,13-/m1/s1. The quantitative estimate of drug-likeness (QED) is 0.910. The molecule has 0 radical (unpaired) electrons. The maximum absolute atomic E-state index is 14.6. The second-order valence-electron chi connectivity index (χ2n) is 4.59. The van der Waals surface area contributed by atoms with Gasteiger partial charge < -0.3 is 15.2 Å². The van der Waals surface area contributed by atoms with Crippen molar-refractivity contribution < 1.29 is 18.3 Å². The molecule has 6 heteroatoms. The van der Waals surface area contributed by atoms with Gasteiger partial charge in [-0.25, -0.2) is 13.8 Å². The molecule has 1 aliphatic rings. The van der Waals surface area contributed by atoms with Crippen molar-refractivity contribution in [2.45, 2.75) is 24.7 Å². The van der Waals surface area contributed by atoms with Crippen molar-refractivity contribution in [3.8, 4) is 0 Å². The van der Waals surface area contributed by atoms with Gasteiger partial charge >= 0.3 is 0 Å². The van der Waals surface area contributed by atoms with E-state index in [1.54, 1.807) is 6.07 Å². The molecule has 0 amide bonds. The molecule has 0 spiro atoms. The number of aliphatic imine (C=N–C) groups is 1. The average molecular weight is 270 g/mol. The topological polar surface area (TPSA) is 56.8 Å². The van der Waals surface area contributed by atoms with Crippen LogP contribution in [-0.2, 0) is 15.0 Å². The van der Waals surface area contributed by atoms with Crippen molar-refractivity contribution >= 4 is 6.02 Å². The molecule has 4 nitrogen and oxygen atoms in total. The molecule has 2 rings (SSSR count). The molecule has 1 heterocycles. The van der Waals surface area contributed by atoms with E-state index in [1.165, 1.54) is 32.2 Å². The summed E-state index contributed by atoms with van der Waals surface area (Å²) in [5.41, 5.74) is 4.29. The number of nitrogens with zero attached hydrogens (tertiary/aromatic N) is 1. The molecule has 1 aliphatic heterocycles. The summed E-state index contributed by atoms with van der Waals surface area (Å²) < 4.78 is 38.5. The molecule has 2 N–H and O–H groups in total. The summed E-state index contributed by atoms with van der Waals surface area (Å²) in [6, 6.07) is 5.76. The molecule has 1 aromatic rings. The van der Waals surface area contributed by atoms with Gasteiger partial charge in [0.15, 0.2) is 12.3 Å². The predicted octanol–water partition coefficient (Wildman–Crippen LogP) is 1.74. The van der Waals surface area contributed by atoms with Crippen LogP contribution in [0.2, 0.25) is 0 Å². The van der Waals surface area contributed by atoms with Crippen LogP contribution in [0.25, 0.3) is 0 Å². The molecule has 0 fully saturated rings. The number of rotatable bonds is 3. The Morgan fingerprint density at radius 1 is 1.47 bits per heavy atom. The van der Waals surface area contributed by atoms with Crippen LogP contribution < -0.4 is 5.73 Å². The number of ether oxygens (including phenoxy) is 2. The minimum absolute atomic E-state index is 0.0153. The molecule has 19 heavy (non-hydrogen) atoms. The third kappa shape index (κ3) is 2.40. The van der Waals surface area contributed by atoms with Gasteiger partial charge in [-0.3, -0.25) is 0 Å². The van der Waals surface area contributed by atoms with E-state index in [-0.39, 0.29) is 18.2 Å². The highest BCUT2D eigenvalue weighted by atomic mass is 19.1. The van der Waals surface area contributed by atoms with Gasteiger partial charge in [-0.05, 0) is 13.0 Å².